The summed E-state index contributed by atoms with van der Waals surface area (Å²) in [6, 6.07) is 10.1. The molecule has 0 aliphatic heterocycles. The number of hydrogen-bond donors (Lipinski definition) is 1. The predicted molar refractivity (Wildman–Crippen MR) is 70.6 cm³/mol. The highest BCUT2D eigenvalue weighted by Gasteiger charge is 2.23. The van der Waals surface area contributed by atoms with Gasteiger partial charge in [-0.3, -0.25) is 9.69 Å². The van der Waals surface area contributed by atoms with Gasteiger partial charge in [0.15, 0.2) is 0 Å². The molecule has 1 N–H and O–H groups in total. The number of ether oxygens (including phenoxy) is 1. The Balaban J connectivity index is 1.59. The molecule has 1 amide bonds. The van der Waals surface area contributed by atoms with Gasteiger partial charge in [-0.25, -0.2) is 0 Å². The SMILES string of the molecule is CN(CCOc1ccccc1)CC(=O)NC1CC1. The van der Waals surface area contributed by atoms with Crippen molar-refractivity contribution in [2.24, 2.45) is 0 Å². The van der Waals surface area contributed by atoms with Crippen LogP contribution in [0.1, 0.15) is 12.8 Å². The van der Waals surface area contributed by atoms with Crippen LogP contribution in [0.3, 0.4) is 0 Å². The standard InChI is InChI=1S/C14H20N2O2/c1-16(11-14(17)15-12-7-8-12)9-10-18-13-5-3-2-4-6-13/h2-6,12H,7-11H2,1H3,(H,15,17). The van der Waals surface area contributed by atoms with E-state index in [2.05, 4.69) is 5.32 Å². The Hall–Kier alpha value is -1.55. The zero-order valence-electron chi connectivity index (χ0n) is 10.8. The molecule has 18 heavy (non-hydrogen) atoms. The molecule has 0 heterocycles. The van der Waals surface area contributed by atoms with Gasteiger partial charge in [0.25, 0.3) is 0 Å². The fourth-order valence-corrected chi connectivity index (χ4v) is 1.66. The molecule has 0 radical (unpaired) electrons. The van der Waals surface area contributed by atoms with Crippen molar-refractivity contribution in [2.45, 2.75) is 18.9 Å². The van der Waals surface area contributed by atoms with Crippen molar-refractivity contribution in [1.29, 1.82) is 0 Å². The Morgan fingerprint density at radius 1 is 1.39 bits per heavy atom. The molecule has 1 aliphatic carbocycles. The van der Waals surface area contributed by atoms with E-state index in [9.17, 15) is 4.79 Å². The average molecular weight is 248 g/mol. The number of likely N-dealkylation sites (N-methyl/N-ethyl adjacent to an activating group) is 1. The van der Waals surface area contributed by atoms with Gasteiger partial charge in [-0.2, -0.15) is 0 Å². The molecule has 1 saturated carbocycles. The van der Waals surface area contributed by atoms with Crippen molar-refractivity contribution in [3.05, 3.63) is 30.3 Å². The van der Waals surface area contributed by atoms with Gasteiger partial charge in [0.05, 0.1) is 6.54 Å². The van der Waals surface area contributed by atoms with Crippen LogP contribution in [0.5, 0.6) is 5.75 Å². The summed E-state index contributed by atoms with van der Waals surface area (Å²) >= 11 is 0. The van der Waals surface area contributed by atoms with Crippen molar-refractivity contribution >= 4 is 5.91 Å². The van der Waals surface area contributed by atoms with E-state index >= 15 is 0 Å². The third-order valence-corrected chi connectivity index (χ3v) is 2.84. The first-order chi connectivity index (χ1) is 8.74. The van der Waals surface area contributed by atoms with E-state index < -0.39 is 0 Å². The van der Waals surface area contributed by atoms with Crippen molar-refractivity contribution in [3.8, 4) is 5.75 Å². The van der Waals surface area contributed by atoms with E-state index in [0.717, 1.165) is 25.1 Å². The monoisotopic (exact) mass is 248 g/mol. The summed E-state index contributed by atoms with van der Waals surface area (Å²) in [7, 11) is 1.93. The highest BCUT2D eigenvalue weighted by molar-refractivity contribution is 5.78. The zero-order valence-corrected chi connectivity index (χ0v) is 10.8. The third-order valence-electron chi connectivity index (χ3n) is 2.84. The van der Waals surface area contributed by atoms with Crippen LogP contribution in [-0.2, 0) is 4.79 Å². The Morgan fingerprint density at radius 3 is 2.78 bits per heavy atom. The number of nitrogens with zero attached hydrogens (tertiary/aromatic N) is 1. The number of carbonyl (C=O) groups is 1. The lowest BCUT2D eigenvalue weighted by Crippen LogP contribution is -2.37. The van der Waals surface area contributed by atoms with Gasteiger partial charge in [-0.05, 0) is 32.0 Å². The molecule has 98 valence electrons. The second-order valence-electron chi connectivity index (χ2n) is 4.74. The summed E-state index contributed by atoms with van der Waals surface area (Å²) in [5.74, 6) is 0.980. The molecule has 2 rings (SSSR count). The summed E-state index contributed by atoms with van der Waals surface area (Å²) < 4.78 is 5.58. The van der Waals surface area contributed by atoms with Crippen LogP contribution in [0.4, 0.5) is 0 Å². The Bertz CT molecular complexity index is 377. The zero-order chi connectivity index (χ0) is 12.8. The van der Waals surface area contributed by atoms with Gasteiger partial charge in [0.2, 0.25) is 5.91 Å². The van der Waals surface area contributed by atoms with Crippen LogP contribution >= 0.6 is 0 Å². The maximum absolute atomic E-state index is 11.5. The first-order valence-electron chi connectivity index (χ1n) is 6.40. The van der Waals surface area contributed by atoms with E-state index in [1.807, 2.05) is 42.3 Å². The van der Waals surface area contributed by atoms with Crippen molar-refractivity contribution in [1.82, 2.24) is 10.2 Å². The van der Waals surface area contributed by atoms with Gasteiger partial charge >= 0.3 is 0 Å². The number of para-hydroxylation sites is 1. The van der Waals surface area contributed by atoms with Crippen molar-refractivity contribution < 1.29 is 9.53 Å². The molecule has 0 spiro atoms. The summed E-state index contributed by atoms with van der Waals surface area (Å²) in [6.45, 7) is 1.78. The molecule has 1 fully saturated rings. The topological polar surface area (TPSA) is 41.6 Å². The molecule has 0 atom stereocenters. The third kappa shape index (κ3) is 4.75. The van der Waals surface area contributed by atoms with Crippen LogP contribution in [0, 0.1) is 0 Å². The molecule has 0 bridgehead atoms. The smallest absolute Gasteiger partial charge is 0.234 e. The highest BCUT2D eigenvalue weighted by Crippen LogP contribution is 2.18. The molecular formula is C14H20N2O2. The van der Waals surface area contributed by atoms with Gasteiger partial charge in [0, 0.05) is 12.6 Å². The van der Waals surface area contributed by atoms with E-state index in [1.165, 1.54) is 0 Å². The fraction of sp³-hybridized carbons (Fsp3) is 0.500. The maximum Gasteiger partial charge on any atom is 0.234 e. The molecular weight excluding hydrogens is 228 g/mol. The predicted octanol–water partition coefficient (Wildman–Crippen LogP) is 1.28. The number of benzene rings is 1. The van der Waals surface area contributed by atoms with Crippen molar-refractivity contribution in [3.63, 3.8) is 0 Å². The molecule has 4 nitrogen and oxygen atoms in total. The average Bonchev–Trinajstić information content (AvgIpc) is 3.14. The molecule has 0 unspecified atom stereocenters. The number of carbonyl (C=O) groups excluding carboxylic acids is 1. The van der Waals surface area contributed by atoms with Gasteiger partial charge in [-0.1, -0.05) is 18.2 Å². The van der Waals surface area contributed by atoms with E-state index in [1.54, 1.807) is 0 Å². The first-order valence-corrected chi connectivity index (χ1v) is 6.40. The number of rotatable bonds is 7. The van der Waals surface area contributed by atoms with Gasteiger partial charge in [-0.15, -0.1) is 0 Å². The minimum absolute atomic E-state index is 0.111. The fourth-order valence-electron chi connectivity index (χ4n) is 1.66. The molecule has 1 aromatic carbocycles. The number of hydrogen-bond acceptors (Lipinski definition) is 3. The minimum Gasteiger partial charge on any atom is -0.492 e. The molecule has 0 saturated heterocycles. The molecule has 4 heteroatoms. The van der Waals surface area contributed by atoms with E-state index in [0.29, 0.717) is 19.2 Å². The summed E-state index contributed by atoms with van der Waals surface area (Å²) in [5, 5.41) is 2.97. The van der Waals surface area contributed by atoms with Crippen LogP contribution in [0.2, 0.25) is 0 Å². The lowest BCUT2D eigenvalue weighted by Gasteiger charge is -2.16. The second-order valence-corrected chi connectivity index (χ2v) is 4.74. The highest BCUT2D eigenvalue weighted by atomic mass is 16.5. The Kier molecular flexibility index (Phi) is 4.59. The largest absolute Gasteiger partial charge is 0.492 e. The Morgan fingerprint density at radius 2 is 2.11 bits per heavy atom. The second kappa shape index (κ2) is 6.40. The lowest BCUT2D eigenvalue weighted by molar-refractivity contribution is -0.122. The van der Waals surface area contributed by atoms with Gasteiger partial charge in [0.1, 0.15) is 12.4 Å². The Labute approximate surface area is 108 Å². The quantitative estimate of drug-likeness (QED) is 0.790. The minimum atomic E-state index is 0.111. The van der Waals surface area contributed by atoms with Crippen LogP contribution in [0.25, 0.3) is 0 Å². The number of amides is 1. The molecule has 1 aromatic rings. The number of nitrogens with one attached hydrogen (secondary N) is 1. The van der Waals surface area contributed by atoms with Crippen molar-refractivity contribution in [2.75, 3.05) is 26.7 Å². The molecule has 1 aliphatic rings. The van der Waals surface area contributed by atoms with E-state index in [4.69, 9.17) is 4.74 Å². The van der Waals surface area contributed by atoms with Crippen LogP contribution in [-0.4, -0.2) is 43.6 Å². The summed E-state index contributed by atoms with van der Waals surface area (Å²) in [6.07, 6.45) is 2.26. The maximum atomic E-state index is 11.5. The van der Waals surface area contributed by atoms with Gasteiger partial charge < -0.3 is 10.1 Å². The normalized spacial score (nSPS) is 14.6. The van der Waals surface area contributed by atoms with E-state index in [-0.39, 0.29) is 5.91 Å². The summed E-state index contributed by atoms with van der Waals surface area (Å²) in [4.78, 5) is 13.5. The summed E-state index contributed by atoms with van der Waals surface area (Å²) in [5.41, 5.74) is 0. The lowest BCUT2D eigenvalue weighted by atomic mass is 10.3. The molecule has 0 aromatic heterocycles. The first kappa shape index (κ1) is 12.9. The van der Waals surface area contributed by atoms with Crippen LogP contribution in [0.15, 0.2) is 30.3 Å². The van der Waals surface area contributed by atoms with Crippen LogP contribution < -0.4 is 10.1 Å².